The molecular weight excluding hydrogens is 295 g/mol. The van der Waals surface area contributed by atoms with Crippen LogP contribution in [0.25, 0.3) is 0 Å². The molecule has 1 aromatic heterocycles. The van der Waals surface area contributed by atoms with Gasteiger partial charge in [-0.05, 0) is 38.0 Å². The van der Waals surface area contributed by atoms with E-state index in [-0.39, 0.29) is 5.82 Å². The average Bonchev–Trinajstić information content (AvgIpc) is 3.00. The molecular formula is C16H23FN6. The quantitative estimate of drug-likeness (QED) is 0.603. The van der Waals surface area contributed by atoms with Crippen molar-refractivity contribution in [2.75, 3.05) is 13.1 Å². The summed E-state index contributed by atoms with van der Waals surface area (Å²) in [6, 6.07) is 6.64. The molecule has 0 bridgehead atoms. The first kappa shape index (κ1) is 16.9. The minimum absolute atomic E-state index is 0.207. The zero-order valence-corrected chi connectivity index (χ0v) is 13.6. The number of rotatable bonds is 7. The van der Waals surface area contributed by atoms with Gasteiger partial charge in [-0.2, -0.15) is 0 Å². The SMILES string of the molecule is CCNC(=NCc1nncn1CC)NCCc1cccc(F)c1. The van der Waals surface area contributed by atoms with Crippen molar-refractivity contribution in [2.24, 2.45) is 4.99 Å². The highest BCUT2D eigenvalue weighted by Gasteiger charge is 2.03. The molecule has 1 aromatic carbocycles. The largest absolute Gasteiger partial charge is 0.357 e. The summed E-state index contributed by atoms with van der Waals surface area (Å²) < 4.78 is 15.1. The Kier molecular flexibility index (Phi) is 6.53. The first-order chi connectivity index (χ1) is 11.2. The van der Waals surface area contributed by atoms with Gasteiger partial charge in [0.1, 0.15) is 18.7 Å². The highest BCUT2D eigenvalue weighted by molar-refractivity contribution is 5.79. The van der Waals surface area contributed by atoms with Gasteiger partial charge in [0.15, 0.2) is 11.8 Å². The molecule has 23 heavy (non-hydrogen) atoms. The van der Waals surface area contributed by atoms with Gasteiger partial charge in [0.05, 0.1) is 0 Å². The van der Waals surface area contributed by atoms with Crippen LogP contribution in [0.3, 0.4) is 0 Å². The Morgan fingerprint density at radius 2 is 2.17 bits per heavy atom. The number of benzene rings is 1. The number of nitrogens with zero attached hydrogens (tertiary/aromatic N) is 4. The Labute approximate surface area is 135 Å². The summed E-state index contributed by atoms with van der Waals surface area (Å²) in [5.41, 5.74) is 0.957. The Morgan fingerprint density at radius 1 is 1.30 bits per heavy atom. The lowest BCUT2D eigenvalue weighted by atomic mass is 10.1. The van der Waals surface area contributed by atoms with Crippen molar-refractivity contribution < 1.29 is 4.39 Å². The molecule has 0 radical (unpaired) electrons. The lowest BCUT2D eigenvalue weighted by molar-refractivity contribution is 0.625. The molecule has 0 amide bonds. The van der Waals surface area contributed by atoms with E-state index in [0.717, 1.165) is 36.9 Å². The van der Waals surface area contributed by atoms with E-state index in [1.54, 1.807) is 18.5 Å². The molecule has 0 atom stereocenters. The van der Waals surface area contributed by atoms with Gasteiger partial charge < -0.3 is 15.2 Å². The van der Waals surface area contributed by atoms with Crippen LogP contribution in [0.15, 0.2) is 35.6 Å². The summed E-state index contributed by atoms with van der Waals surface area (Å²) in [6.07, 6.45) is 2.43. The van der Waals surface area contributed by atoms with Gasteiger partial charge in [-0.15, -0.1) is 10.2 Å². The normalized spacial score (nSPS) is 11.5. The summed E-state index contributed by atoms with van der Waals surface area (Å²) in [7, 11) is 0. The molecule has 0 aliphatic rings. The van der Waals surface area contributed by atoms with Crippen LogP contribution in [0.2, 0.25) is 0 Å². The monoisotopic (exact) mass is 318 g/mol. The van der Waals surface area contributed by atoms with E-state index in [0.29, 0.717) is 13.1 Å². The Balaban J connectivity index is 1.89. The van der Waals surface area contributed by atoms with Crippen molar-refractivity contribution in [2.45, 2.75) is 33.4 Å². The lowest BCUT2D eigenvalue weighted by Gasteiger charge is -2.11. The van der Waals surface area contributed by atoms with Gasteiger partial charge in [0.2, 0.25) is 0 Å². The highest BCUT2D eigenvalue weighted by atomic mass is 19.1. The second kappa shape index (κ2) is 8.87. The van der Waals surface area contributed by atoms with Crippen LogP contribution < -0.4 is 10.6 Å². The topological polar surface area (TPSA) is 67.1 Å². The molecule has 1 heterocycles. The van der Waals surface area contributed by atoms with Crippen molar-refractivity contribution in [3.63, 3.8) is 0 Å². The van der Waals surface area contributed by atoms with E-state index < -0.39 is 0 Å². The molecule has 7 heteroatoms. The number of guanidine groups is 1. The molecule has 0 aliphatic heterocycles. The van der Waals surface area contributed by atoms with E-state index in [4.69, 9.17) is 0 Å². The number of aromatic nitrogens is 3. The maximum atomic E-state index is 13.2. The lowest BCUT2D eigenvalue weighted by Crippen LogP contribution is -2.38. The second-order valence-electron chi connectivity index (χ2n) is 5.04. The minimum Gasteiger partial charge on any atom is -0.357 e. The van der Waals surface area contributed by atoms with Crippen molar-refractivity contribution in [3.8, 4) is 0 Å². The van der Waals surface area contributed by atoms with E-state index in [1.165, 1.54) is 6.07 Å². The van der Waals surface area contributed by atoms with Gasteiger partial charge in [-0.3, -0.25) is 0 Å². The van der Waals surface area contributed by atoms with Gasteiger partial charge in [-0.1, -0.05) is 12.1 Å². The molecule has 2 N–H and O–H groups in total. The Hall–Kier alpha value is -2.44. The van der Waals surface area contributed by atoms with Gasteiger partial charge in [0.25, 0.3) is 0 Å². The van der Waals surface area contributed by atoms with Crippen molar-refractivity contribution in [3.05, 3.63) is 47.8 Å². The van der Waals surface area contributed by atoms with Crippen LogP contribution in [0.4, 0.5) is 4.39 Å². The smallest absolute Gasteiger partial charge is 0.191 e. The molecule has 0 aliphatic carbocycles. The first-order valence-corrected chi connectivity index (χ1v) is 7.86. The number of halogens is 1. The maximum absolute atomic E-state index is 13.2. The zero-order chi connectivity index (χ0) is 16.5. The van der Waals surface area contributed by atoms with E-state index in [2.05, 4.69) is 25.8 Å². The third-order valence-electron chi connectivity index (χ3n) is 3.35. The van der Waals surface area contributed by atoms with Crippen LogP contribution in [0.5, 0.6) is 0 Å². The van der Waals surface area contributed by atoms with Gasteiger partial charge in [0, 0.05) is 19.6 Å². The number of aliphatic imine (C=N–C) groups is 1. The van der Waals surface area contributed by atoms with Crippen LogP contribution in [-0.4, -0.2) is 33.8 Å². The first-order valence-electron chi connectivity index (χ1n) is 7.86. The Bertz CT molecular complexity index is 637. The standard InChI is InChI=1S/C16H23FN6/c1-3-18-16(20-11-15-22-21-12-23(15)4-2)19-9-8-13-6-5-7-14(17)10-13/h5-7,10,12H,3-4,8-9,11H2,1-2H3,(H2,18,19,20). The summed E-state index contributed by atoms with van der Waals surface area (Å²) in [5, 5.41) is 14.4. The molecule has 6 nitrogen and oxygen atoms in total. The maximum Gasteiger partial charge on any atom is 0.191 e. The average molecular weight is 318 g/mol. The van der Waals surface area contributed by atoms with E-state index in [1.807, 2.05) is 24.5 Å². The number of hydrogen-bond donors (Lipinski definition) is 2. The van der Waals surface area contributed by atoms with E-state index >= 15 is 0 Å². The van der Waals surface area contributed by atoms with E-state index in [9.17, 15) is 4.39 Å². The molecule has 0 saturated carbocycles. The summed E-state index contributed by atoms with van der Waals surface area (Å²) in [6.45, 7) is 6.78. The van der Waals surface area contributed by atoms with Crippen molar-refractivity contribution in [1.29, 1.82) is 0 Å². The van der Waals surface area contributed by atoms with Crippen molar-refractivity contribution >= 4 is 5.96 Å². The van der Waals surface area contributed by atoms with Crippen LogP contribution in [0.1, 0.15) is 25.2 Å². The summed E-state index contributed by atoms with van der Waals surface area (Å²) in [4.78, 5) is 4.51. The van der Waals surface area contributed by atoms with Gasteiger partial charge >= 0.3 is 0 Å². The van der Waals surface area contributed by atoms with Crippen LogP contribution in [0, 0.1) is 5.82 Å². The van der Waals surface area contributed by atoms with Crippen LogP contribution >= 0.6 is 0 Å². The summed E-state index contributed by atoms with van der Waals surface area (Å²) in [5.74, 6) is 1.34. The Morgan fingerprint density at radius 3 is 2.91 bits per heavy atom. The third-order valence-corrected chi connectivity index (χ3v) is 3.35. The molecule has 0 spiro atoms. The fourth-order valence-corrected chi connectivity index (χ4v) is 2.17. The molecule has 0 fully saturated rings. The fraction of sp³-hybridized carbons (Fsp3) is 0.438. The molecule has 2 rings (SSSR count). The molecule has 124 valence electrons. The molecule has 2 aromatic rings. The second-order valence-corrected chi connectivity index (χ2v) is 5.04. The predicted octanol–water partition coefficient (Wildman–Crippen LogP) is 1.73. The molecule has 0 unspecified atom stereocenters. The number of aryl methyl sites for hydroxylation is 1. The zero-order valence-electron chi connectivity index (χ0n) is 13.6. The minimum atomic E-state index is -0.207. The molecule has 0 saturated heterocycles. The third kappa shape index (κ3) is 5.36. The predicted molar refractivity (Wildman–Crippen MR) is 88.6 cm³/mol. The fourth-order valence-electron chi connectivity index (χ4n) is 2.17. The highest BCUT2D eigenvalue weighted by Crippen LogP contribution is 2.03. The number of hydrogen-bond acceptors (Lipinski definition) is 3. The summed E-state index contributed by atoms with van der Waals surface area (Å²) >= 11 is 0. The van der Waals surface area contributed by atoms with Gasteiger partial charge in [-0.25, -0.2) is 9.38 Å². The van der Waals surface area contributed by atoms with Crippen LogP contribution in [-0.2, 0) is 19.5 Å². The number of nitrogens with one attached hydrogen (secondary N) is 2. The van der Waals surface area contributed by atoms with Crippen molar-refractivity contribution in [1.82, 2.24) is 25.4 Å².